The molecule has 1 aromatic carbocycles. The van der Waals surface area contributed by atoms with E-state index in [1.165, 1.54) is 12.0 Å². The minimum absolute atomic E-state index is 0.346. The largest absolute Gasteiger partial charge is 0.454 e. The van der Waals surface area contributed by atoms with Crippen molar-refractivity contribution in [3.05, 3.63) is 23.8 Å². The van der Waals surface area contributed by atoms with Crippen molar-refractivity contribution in [2.45, 2.75) is 45.8 Å². The van der Waals surface area contributed by atoms with Gasteiger partial charge in [-0.2, -0.15) is 0 Å². The number of hydrogen-bond acceptors (Lipinski definition) is 4. The minimum atomic E-state index is 0.346. The zero-order valence-electron chi connectivity index (χ0n) is 13.3. The average molecular weight is 290 g/mol. The Morgan fingerprint density at radius 1 is 1.33 bits per heavy atom. The van der Waals surface area contributed by atoms with Crippen LogP contribution in [0.15, 0.2) is 18.2 Å². The van der Waals surface area contributed by atoms with Crippen LogP contribution < -0.4 is 14.8 Å². The maximum absolute atomic E-state index is 5.48. The van der Waals surface area contributed by atoms with Crippen molar-refractivity contribution in [2.75, 3.05) is 19.9 Å². The van der Waals surface area contributed by atoms with Gasteiger partial charge in [-0.05, 0) is 30.5 Å². The summed E-state index contributed by atoms with van der Waals surface area (Å²) in [4.78, 5) is 2.57. The molecule has 1 saturated heterocycles. The molecule has 21 heavy (non-hydrogen) atoms. The van der Waals surface area contributed by atoms with Crippen LogP contribution in [0.3, 0.4) is 0 Å². The third-order valence-corrected chi connectivity index (χ3v) is 4.88. The summed E-state index contributed by atoms with van der Waals surface area (Å²) >= 11 is 0. The van der Waals surface area contributed by atoms with Crippen molar-refractivity contribution in [1.82, 2.24) is 10.2 Å². The van der Waals surface area contributed by atoms with Gasteiger partial charge in [0.25, 0.3) is 0 Å². The van der Waals surface area contributed by atoms with Crippen LogP contribution in [0.4, 0.5) is 0 Å². The first kappa shape index (κ1) is 14.7. The van der Waals surface area contributed by atoms with Crippen LogP contribution >= 0.6 is 0 Å². The van der Waals surface area contributed by atoms with Crippen LogP contribution in [-0.4, -0.2) is 36.9 Å². The van der Waals surface area contributed by atoms with Gasteiger partial charge in [-0.25, -0.2) is 0 Å². The Kier molecular flexibility index (Phi) is 4.36. The fourth-order valence-corrected chi connectivity index (χ4v) is 3.11. The van der Waals surface area contributed by atoms with Gasteiger partial charge in [0.05, 0.1) is 0 Å². The number of nitrogens with zero attached hydrogens (tertiary/aromatic N) is 1. The predicted octanol–water partition coefficient (Wildman–Crippen LogP) is 2.62. The molecule has 0 aromatic heterocycles. The molecule has 3 rings (SSSR count). The molecule has 0 bridgehead atoms. The van der Waals surface area contributed by atoms with Crippen molar-refractivity contribution in [3.8, 4) is 11.5 Å². The van der Waals surface area contributed by atoms with E-state index in [4.69, 9.17) is 9.47 Å². The number of nitrogens with one attached hydrogen (secondary N) is 1. The Balaban J connectivity index is 1.67. The lowest BCUT2D eigenvalue weighted by molar-refractivity contribution is 0.112. The normalized spacial score (nSPS) is 26.8. The van der Waals surface area contributed by atoms with E-state index in [-0.39, 0.29) is 0 Å². The average Bonchev–Trinajstić information content (AvgIpc) is 2.96. The van der Waals surface area contributed by atoms with Crippen molar-refractivity contribution in [1.29, 1.82) is 0 Å². The Morgan fingerprint density at radius 3 is 2.95 bits per heavy atom. The fraction of sp³-hybridized carbons (Fsp3) is 0.647. The lowest BCUT2D eigenvalue weighted by atomic mass is 9.95. The molecule has 0 amide bonds. The Labute approximate surface area is 127 Å². The molecule has 0 aliphatic carbocycles. The Hall–Kier alpha value is -1.26. The molecule has 3 atom stereocenters. The molecule has 1 fully saturated rings. The second-order valence-electron chi connectivity index (χ2n) is 6.37. The van der Waals surface area contributed by atoms with Gasteiger partial charge < -0.3 is 14.8 Å². The molecular weight excluding hydrogens is 264 g/mol. The minimum Gasteiger partial charge on any atom is -0.454 e. The van der Waals surface area contributed by atoms with E-state index in [2.05, 4.69) is 43.1 Å². The number of fused-ring (bicyclic) bond motifs is 1. The van der Waals surface area contributed by atoms with Gasteiger partial charge in [-0.3, -0.25) is 4.90 Å². The molecule has 4 heteroatoms. The van der Waals surface area contributed by atoms with Crippen molar-refractivity contribution >= 4 is 0 Å². The van der Waals surface area contributed by atoms with Gasteiger partial charge in [0.1, 0.15) is 0 Å². The van der Waals surface area contributed by atoms with E-state index in [0.29, 0.717) is 18.9 Å². The van der Waals surface area contributed by atoms with Gasteiger partial charge in [0.2, 0.25) is 6.79 Å². The molecule has 2 heterocycles. The fourth-order valence-electron chi connectivity index (χ4n) is 3.11. The lowest BCUT2D eigenvalue weighted by Gasteiger charge is -2.41. The van der Waals surface area contributed by atoms with Crippen LogP contribution in [0.2, 0.25) is 0 Å². The van der Waals surface area contributed by atoms with Gasteiger partial charge >= 0.3 is 0 Å². The highest BCUT2D eigenvalue weighted by atomic mass is 16.7. The van der Waals surface area contributed by atoms with Crippen LogP contribution in [-0.2, 0) is 6.54 Å². The summed E-state index contributed by atoms with van der Waals surface area (Å²) in [6.45, 7) is 10.4. The second-order valence-corrected chi connectivity index (χ2v) is 6.37. The second kappa shape index (κ2) is 6.24. The molecule has 0 spiro atoms. The Bertz CT molecular complexity index is 492. The van der Waals surface area contributed by atoms with Crippen molar-refractivity contribution in [3.63, 3.8) is 0 Å². The molecule has 3 unspecified atom stereocenters. The molecule has 0 saturated carbocycles. The van der Waals surface area contributed by atoms with E-state index < -0.39 is 0 Å². The summed E-state index contributed by atoms with van der Waals surface area (Å²) in [7, 11) is 0. The molecule has 2 aliphatic rings. The first-order valence-corrected chi connectivity index (χ1v) is 8.03. The van der Waals surface area contributed by atoms with Gasteiger partial charge in [-0.1, -0.05) is 26.3 Å². The summed E-state index contributed by atoms with van der Waals surface area (Å²) in [6.07, 6.45) is 1.23. The van der Waals surface area contributed by atoms with Crippen LogP contribution in [0.1, 0.15) is 32.8 Å². The van der Waals surface area contributed by atoms with Gasteiger partial charge in [0.15, 0.2) is 11.5 Å². The van der Waals surface area contributed by atoms with E-state index in [1.807, 2.05) is 6.07 Å². The molecular formula is C17H26N2O2. The number of hydrogen-bond donors (Lipinski definition) is 1. The molecule has 1 N–H and O–H groups in total. The maximum Gasteiger partial charge on any atom is 0.231 e. The highest BCUT2D eigenvalue weighted by molar-refractivity contribution is 5.44. The van der Waals surface area contributed by atoms with Crippen LogP contribution in [0.5, 0.6) is 11.5 Å². The summed E-state index contributed by atoms with van der Waals surface area (Å²) in [5.41, 5.74) is 1.30. The first-order chi connectivity index (χ1) is 10.2. The third-order valence-electron chi connectivity index (χ3n) is 4.88. The third kappa shape index (κ3) is 3.16. The van der Waals surface area contributed by atoms with E-state index in [9.17, 15) is 0 Å². The topological polar surface area (TPSA) is 33.7 Å². The summed E-state index contributed by atoms with van der Waals surface area (Å²) in [6, 6.07) is 7.46. The lowest BCUT2D eigenvalue weighted by Crippen LogP contribution is -2.56. The van der Waals surface area contributed by atoms with E-state index in [0.717, 1.165) is 37.1 Å². The van der Waals surface area contributed by atoms with E-state index in [1.54, 1.807) is 0 Å². The number of benzene rings is 1. The summed E-state index contributed by atoms with van der Waals surface area (Å²) < 4.78 is 10.9. The molecule has 0 radical (unpaired) electrons. The highest BCUT2D eigenvalue weighted by Gasteiger charge is 2.28. The van der Waals surface area contributed by atoms with E-state index >= 15 is 0 Å². The van der Waals surface area contributed by atoms with Crippen LogP contribution in [0.25, 0.3) is 0 Å². The smallest absolute Gasteiger partial charge is 0.231 e. The molecule has 1 aromatic rings. The van der Waals surface area contributed by atoms with Gasteiger partial charge in [0, 0.05) is 31.7 Å². The summed E-state index contributed by atoms with van der Waals surface area (Å²) in [5, 5.41) is 3.69. The zero-order chi connectivity index (χ0) is 14.8. The quantitative estimate of drug-likeness (QED) is 0.924. The highest BCUT2D eigenvalue weighted by Crippen LogP contribution is 2.33. The maximum atomic E-state index is 5.48. The molecule has 4 nitrogen and oxygen atoms in total. The van der Waals surface area contributed by atoms with Crippen LogP contribution in [0, 0.1) is 5.92 Å². The SMILES string of the molecule is CCC(C)C1CN(Cc2ccc3c(c2)OCO3)C(C)CN1. The monoisotopic (exact) mass is 290 g/mol. The first-order valence-electron chi connectivity index (χ1n) is 8.03. The van der Waals surface area contributed by atoms with Crippen molar-refractivity contribution < 1.29 is 9.47 Å². The Morgan fingerprint density at radius 2 is 2.14 bits per heavy atom. The predicted molar refractivity (Wildman–Crippen MR) is 83.7 cm³/mol. The number of piperazine rings is 1. The molecule has 2 aliphatic heterocycles. The summed E-state index contributed by atoms with van der Waals surface area (Å²) in [5.74, 6) is 2.47. The van der Waals surface area contributed by atoms with Crippen molar-refractivity contribution in [2.24, 2.45) is 5.92 Å². The zero-order valence-corrected chi connectivity index (χ0v) is 13.3. The number of rotatable bonds is 4. The molecule has 116 valence electrons. The number of ether oxygens (including phenoxy) is 2. The standard InChI is InChI=1S/C17H26N2O2/c1-4-12(2)15-10-19(13(3)8-18-15)9-14-5-6-16-17(7-14)21-11-20-16/h5-7,12-13,15,18H,4,8-11H2,1-3H3. The van der Waals surface area contributed by atoms with Gasteiger partial charge in [-0.15, -0.1) is 0 Å².